The number of para-hydroxylation sites is 6. The summed E-state index contributed by atoms with van der Waals surface area (Å²) in [6, 6.07) is 81.3. The Kier molecular flexibility index (Phi) is 8.21. The van der Waals surface area contributed by atoms with Gasteiger partial charge in [0.1, 0.15) is 22.7 Å². The molecule has 0 amide bonds. The van der Waals surface area contributed by atoms with E-state index >= 15 is 0 Å². The number of rotatable bonds is 7. The molecule has 0 fully saturated rings. The van der Waals surface area contributed by atoms with E-state index in [0.717, 1.165) is 133 Å². The highest BCUT2D eigenvalue weighted by Crippen LogP contribution is 2.53. The third-order valence-corrected chi connectivity index (χ3v) is 13.4. The van der Waals surface area contributed by atoms with Gasteiger partial charge in [0.15, 0.2) is 11.2 Å². The van der Waals surface area contributed by atoms with Gasteiger partial charge in [-0.2, -0.15) is 0 Å². The van der Waals surface area contributed by atoms with Gasteiger partial charge in [0, 0.05) is 55.5 Å². The molecule has 67 heavy (non-hydrogen) atoms. The number of hydrogen-bond acceptors (Lipinski definition) is 5. The van der Waals surface area contributed by atoms with Gasteiger partial charge in [0.2, 0.25) is 0 Å². The summed E-state index contributed by atoms with van der Waals surface area (Å²) in [6.07, 6.45) is 0. The van der Waals surface area contributed by atoms with Gasteiger partial charge in [-0.15, -0.1) is 0 Å². The maximum absolute atomic E-state index is 6.98. The number of fused-ring (bicyclic) bond motifs is 10. The van der Waals surface area contributed by atoms with Gasteiger partial charge in [-0.25, -0.2) is 0 Å². The lowest BCUT2D eigenvalue weighted by molar-refractivity contribution is 0.487. The lowest BCUT2D eigenvalue weighted by Crippen LogP contribution is -2.11. The highest BCUT2D eigenvalue weighted by atomic mass is 16.5. The number of anilines is 6. The van der Waals surface area contributed by atoms with E-state index in [1.54, 1.807) is 0 Å². The minimum atomic E-state index is 0.800. The first kappa shape index (κ1) is 37.3. The van der Waals surface area contributed by atoms with Gasteiger partial charge in [-0.3, -0.25) is 0 Å². The molecule has 0 unspecified atom stereocenters. The van der Waals surface area contributed by atoms with E-state index in [1.165, 1.54) is 0 Å². The van der Waals surface area contributed by atoms with Gasteiger partial charge in [-0.1, -0.05) is 146 Å². The topological polar surface area (TPSA) is 42.0 Å². The van der Waals surface area contributed by atoms with Crippen molar-refractivity contribution < 1.29 is 13.6 Å². The highest BCUT2D eigenvalue weighted by molar-refractivity contribution is 6.19. The first-order valence-electron chi connectivity index (χ1n) is 22.7. The van der Waals surface area contributed by atoms with Crippen LogP contribution in [0.4, 0.5) is 34.1 Å². The van der Waals surface area contributed by atoms with Crippen LogP contribution in [0.25, 0.3) is 87.7 Å². The molecule has 1 aliphatic heterocycles. The number of nitrogens with zero attached hydrogens (tertiary/aromatic N) is 2. The zero-order valence-electron chi connectivity index (χ0n) is 36.1. The lowest BCUT2D eigenvalue weighted by Gasteiger charge is -2.29. The summed E-state index contributed by atoms with van der Waals surface area (Å²) in [5.41, 5.74) is 13.8. The Morgan fingerprint density at radius 1 is 0.299 bits per heavy atom. The van der Waals surface area contributed by atoms with E-state index in [1.807, 2.05) is 30.3 Å². The minimum Gasteiger partial charge on any atom is -0.456 e. The lowest BCUT2D eigenvalue weighted by atomic mass is 9.90. The van der Waals surface area contributed by atoms with Crippen LogP contribution < -0.4 is 14.5 Å². The van der Waals surface area contributed by atoms with Crippen LogP contribution in [0.3, 0.4) is 0 Å². The molecule has 0 atom stereocenters. The van der Waals surface area contributed by atoms with Crippen molar-refractivity contribution in [3.8, 4) is 33.8 Å². The van der Waals surface area contributed by atoms with E-state index in [0.29, 0.717) is 0 Å². The van der Waals surface area contributed by atoms with Crippen molar-refractivity contribution in [3.63, 3.8) is 0 Å². The Morgan fingerprint density at radius 2 is 0.866 bits per heavy atom. The van der Waals surface area contributed by atoms with Gasteiger partial charge in [0.25, 0.3) is 0 Å². The second-order valence-electron chi connectivity index (χ2n) is 17.2. The average molecular weight is 859 g/mol. The standard InChI is InChI=1S/C62H38N2O3/c1-3-16-39(17-4-1)44-20-7-10-26-53(44)64(55-28-14-25-50-46-22-9-12-30-57(46)67-62(50)55)42-33-32-40-36-52-47-35-34-43(38-59(47)65-58-31-15-23-48(60(52)58)51(40)37-42)63(41-18-5-2-6-19-41)54-27-13-24-49-45-21-8-11-29-56(45)66-61(49)54/h1-38H. The van der Waals surface area contributed by atoms with E-state index < -0.39 is 0 Å². The predicted octanol–water partition coefficient (Wildman–Crippen LogP) is 18.2. The summed E-state index contributed by atoms with van der Waals surface area (Å²) in [4.78, 5) is 4.62. The highest BCUT2D eigenvalue weighted by Gasteiger charge is 2.27. The summed E-state index contributed by atoms with van der Waals surface area (Å²) in [6.45, 7) is 0. The van der Waals surface area contributed by atoms with E-state index in [9.17, 15) is 0 Å². The molecule has 0 saturated heterocycles. The number of furan rings is 2. The van der Waals surface area contributed by atoms with Crippen molar-refractivity contribution in [2.75, 3.05) is 9.80 Å². The maximum Gasteiger partial charge on any atom is 0.159 e. The molecule has 0 saturated carbocycles. The number of hydrogen-bond donors (Lipinski definition) is 0. The van der Waals surface area contributed by atoms with E-state index in [-0.39, 0.29) is 0 Å². The second-order valence-corrected chi connectivity index (χ2v) is 17.2. The summed E-state index contributed by atoms with van der Waals surface area (Å²) in [5, 5.41) is 8.84. The normalized spacial score (nSPS) is 12.0. The summed E-state index contributed by atoms with van der Waals surface area (Å²) in [7, 11) is 0. The van der Waals surface area contributed by atoms with Crippen LogP contribution in [0.15, 0.2) is 239 Å². The van der Waals surface area contributed by atoms with Crippen molar-refractivity contribution in [2.45, 2.75) is 0 Å². The molecule has 13 aromatic rings. The molecule has 14 rings (SSSR count). The molecule has 314 valence electrons. The Labute approximate surface area is 385 Å². The Morgan fingerprint density at radius 3 is 1.61 bits per heavy atom. The zero-order chi connectivity index (χ0) is 44.0. The Balaban J connectivity index is 0.941. The molecule has 5 nitrogen and oxygen atoms in total. The van der Waals surface area contributed by atoms with Crippen LogP contribution in [0.5, 0.6) is 11.5 Å². The molecule has 0 spiro atoms. The van der Waals surface area contributed by atoms with Crippen molar-refractivity contribution in [1.29, 1.82) is 0 Å². The largest absolute Gasteiger partial charge is 0.456 e. The third kappa shape index (κ3) is 5.81. The fraction of sp³-hybridized carbons (Fsp3) is 0. The van der Waals surface area contributed by atoms with Crippen LogP contribution in [-0.4, -0.2) is 0 Å². The van der Waals surface area contributed by atoms with Crippen LogP contribution in [0.2, 0.25) is 0 Å². The molecular formula is C62H38N2O3. The zero-order valence-corrected chi connectivity index (χ0v) is 36.1. The summed E-state index contributed by atoms with van der Waals surface area (Å²) >= 11 is 0. The molecule has 0 aliphatic carbocycles. The molecule has 0 N–H and O–H groups in total. The smallest absolute Gasteiger partial charge is 0.159 e. The van der Waals surface area contributed by atoms with Crippen molar-refractivity contribution >= 4 is 99.5 Å². The minimum absolute atomic E-state index is 0.800. The predicted molar refractivity (Wildman–Crippen MR) is 276 cm³/mol. The molecule has 3 heterocycles. The van der Waals surface area contributed by atoms with Gasteiger partial charge < -0.3 is 23.4 Å². The summed E-state index contributed by atoms with van der Waals surface area (Å²) < 4.78 is 20.3. The quantitative estimate of drug-likeness (QED) is 0.149. The van der Waals surface area contributed by atoms with Crippen LogP contribution in [0.1, 0.15) is 0 Å². The Hall–Kier alpha value is -9.06. The van der Waals surface area contributed by atoms with Gasteiger partial charge in [-0.05, 0) is 106 Å². The van der Waals surface area contributed by atoms with E-state index in [4.69, 9.17) is 13.6 Å². The van der Waals surface area contributed by atoms with Gasteiger partial charge in [0.05, 0.1) is 22.7 Å². The molecule has 2 aromatic heterocycles. The molecule has 11 aromatic carbocycles. The fourth-order valence-corrected chi connectivity index (χ4v) is 10.4. The van der Waals surface area contributed by atoms with Gasteiger partial charge >= 0.3 is 0 Å². The second kappa shape index (κ2) is 14.7. The van der Waals surface area contributed by atoms with E-state index in [2.05, 4.69) is 210 Å². The number of benzene rings is 11. The van der Waals surface area contributed by atoms with Crippen molar-refractivity contribution in [3.05, 3.63) is 231 Å². The third-order valence-electron chi connectivity index (χ3n) is 13.4. The van der Waals surface area contributed by atoms with Crippen LogP contribution >= 0.6 is 0 Å². The van der Waals surface area contributed by atoms with Crippen LogP contribution in [-0.2, 0) is 0 Å². The SMILES string of the molecule is c1ccc(-c2ccccc2N(c2ccc3cc4c5c(cccc5c3c2)Oc2cc(N(c3ccccc3)c3cccc5c3oc3ccccc35)ccc2-4)c2cccc3c2oc2ccccc23)cc1. The Bertz CT molecular complexity index is 4100. The monoisotopic (exact) mass is 858 g/mol. The maximum atomic E-state index is 6.98. The van der Waals surface area contributed by atoms with Crippen LogP contribution in [0, 0.1) is 0 Å². The summed E-state index contributed by atoms with van der Waals surface area (Å²) in [5.74, 6) is 1.63. The molecule has 0 bridgehead atoms. The first-order valence-corrected chi connectivity index (χ1v) is 22.7. The molecule has 5 heteroatoms. The van der Waals surface area contributed by atoms with Crippen molar-refractivity contribution in [1.82, 2.24) is 0 Å². The molecular weight excluding hydrogens is 821 g/mol. The molecule has 1 aliphatic rings. The number of ether oxygens (including phenoxy) is 1. The van der Waals surface area contributed by atoms with Crippen molar-refractivity contribution in [2.24, 2.45) is 0 Å². The average Bonchev–Trinajstić information content (AvgIpc) is 3.97. The fourth-order valence-electron chi connectivity index (χ4n) is 10.4. The molecule has 0 radical (unpaired) electrons. The first-order chi connectivity index (χ1) is 33.2.